The summed E-state index contributed by atoms with van der Waals surface area (Å²) in [5.74, 6) is 1.32. The maximum atomic E-state index is 9.55. The zero-order valence-electron chi connectivity index (χ0n) is 13.1. The largest absolute Gasteiger partial charge is 0.396 e. The predicted molar refractivity (Wildman–Crippen MR) is 90.7 cm³/mol. The monoisotopic (exact) mass is 333 g/mol. The molecule has 5 nitrogen and oxygen atoms in total. The molecular weight excluding hydrogens is 314 g/mol. The van der Waals surface area contributed by atoms with Gasteiger partial charge in [0.2, 0.25) is 0 Å². The van der Waals surface area contributed by atoms with Crippen LogP contribution in [0.1, 0.15) is 12.5 Å². The summed E-state index contributed by atoms with van der Waals surface area (Å²) in [6.07, 6.45) is 0.735. The Bertz CT molecular complexity index is 670. The summed E-state index contributed by atoms with van der Waals surface area (Å²) in [5.41, 5.74) is 1.58. The van der Waals surface area contributed by atoms with Crippen LogP contribution in [0.15, 0.2) is 30.3 Å². The van der Waals surface area contributed by atoms with Gasteiger partial charge in [0, 0.05) is 17.7 Å². The number of ether oxygens (including phenoxy) is 1. The molecular formula is C17H20ClN3O2. The highest BCUT2D eigenvalue weighted by molar-refractivity contribution is 6.30. The SMILES string of the molecule is CCc1c(Cl)nc(-c2ccccc2)nc1NCC1(CO)COC1. The van der Waals surface area contributed by atoms with Gasteiger partial charge in [-0.15, -0.1) is 0 Å². The van der Waals surface area contributed by atoms with Gasteiger partial charge in [-0.3, -0.25) is 0 Å². The first-order valence-corrected chi connectivity index (χ1v) is 8.09. The van der Waals surface area contributed by atoms with Crippen LogP contribution in [0, 0.1) is 5.41 Å². The molecule has 2 heterocycles. The van der Waals surface area contributed by atoms with Crippen LogP contribution in [0.25, 0.3) is 11.4 Å². The third-order valence-electron chi connectivity index (χ3n) is 4.12. The number of rotatable bonds is 6. The Morgan fingerprint density at radius 2 is 2.00 bits per heavy atom. The summed E-state index contributed by atoms with van der Waals surface area (Å²) in [7, 11) is 0. The van der Waals surface area contributed by atoms with Crippen LogP contribution in [0.4, 0.5) is 5.82 Å². The van der Waals surface area contributed by atoms with Gasteiger partial charge in [0.15, 0.2) is 5.82 Å². The highest BCUT2D eigenvalue weighted by Crippen LogP contribution is 2.30. The quantitative estimate of drug-likeness (QED) is 0.796. The normalized spacial score (nSPS) is 16.0. The van der Waals surface area contributed by atoms with Gasteiger partial charge in [-0.1, -0.05) is 48.9 Å². The molecule has 3 rings (SSSR count). The van der Waals surface area contributed by atoms with Gasteiger partial charge in [0.25, 0.3) is 0 Å². The molecule has 6 heteroatoms. The maximum absolute atomic E-state index is 9.55. The van der Waals surface area contributed by atoms with E-state index in [4.69, 9.17) is 16.3 Å². The zero-order valence-corrected chi connectivity index (χ0v) is 13.8. The van der Waals surface area contributed by atoms with Crippen molar-refractivity contribution in [3.8, 4) is 11.4 Å². The first-order valence-electron chi connectivity index (χ1n) is 7.72. The molecule has 23 heavy (non-hydrogen) atoms. The smallest absolute Gasteiger partial charge is 0.163 e. The number of aliphatic hydroxyl groups excluding tert-OH is 1. The first-order chi connectivity index (χ1) is 11.2. The molecule has 1 aromatic carbocycles. The second-order valence-electron chi connectivity index (χ2n) is 5.89. The van der Waals surface area contributed by atoms with E-state index in [1.807, 2.05) is 37.3 Å². The second-order valence-corrected chi connectivity index (χ2v) is 6.25. The fraction of sp³-hybridized carbons (Fsp3) is 0.412. The van der Waals surface area contributed by atoms with Crippen LogP contribution in [-0.4, -0.2) is 41.4 Å². The average Bonchev–Trinajstić information content (AvgIpc) is 2.55. The molecule has 1 fully saturated rings. The van der Waals surface area contributed by atoms with Gasteiger partial charge in [-0.25, -0.2) is 9.97 Å². The van der Waals surface area contributed by atoms with E-state index in [-0.39, 0.29) is 12.0 Å². The van der Waals surface area contributed by atoms with Gasteiger partial charge in [0.05, 0.1) is 25.2 Å². The molecule has 2 N–H and O–H groups in total. The molecule has 122 valence electrons. The lowest BCUT2D eigenvalue weighted by molar-refractivity contribution is -0.128. The Hall–Kier alpha value is -1.69. The van der Waals surface area contributed by atoms with Crippen molar-refractivity contribution < 1.29 is 9.84 Å². The molecule has 1 aromatic heterocycles. The van der Waals surface area contributed by atoms with E-state index in [0.29, 0.717) is 30.7 Å². The highest BCUT2D eigenvalue weighted by atomic mass is 35.5. The molecule has 0 atom stereocenters. The van der Waals surface area contributed by atoms with E-state index in [0.717, 1.165) is 23.4 Å². The van der Waals surface area contributed by atoms with Crippen molar-refractivity contribution in [2.45, 2.75) is 13.3 Å². The number of aromatic nitrogens is 2. The van der Waals surface area contributed by atoms with Gasteiger partial charge in [0.1, 0.15) is 11.0 Å². The topological polar surface area (TPSA) is 67.3 Å². The summed E-state index contributed by atoms with van der Waals surface area (Å²) in [6.45, 7) is 3.82. The van der Waals surface area contributed by atoms with Crippen molar-refractivity contribution in [3.63, 3.8) is 0 Å². The highest BCUT2D eigenvalue weighted by Gasteiger charge is 2.38. The van der Waals surface area contributed by atoms with E-state index in [1.54, 1.807) is 0 Å². The summed E-state index contributed by atoms with van der Waals surface area (Å²) in [6, 6.07) is 9.75. The number of nitrogens with one attached hydrogen (secondary N) is 1. The summed E-state index contributed by atoms with van der Waals surface area (Å²) in [4.78, 5) is 9.06. The number of benzene rings is 1. The number of hydrogen-bond acceptors (Lipinski definition) is 5. The third-order valence-corrected chi connectivity index (χ3v) is 4.44. The molecule has 1 saturated heterocycles. The Balaban J connectivity index is 1.89. The molecule has 0 unspecified atom stereocenters. The van der Waals surface area contributed by atoms with Crippen molar-refractivity contribution >= 4 is 17.4 Å². The number of halogens is 1. The molecule has 0 bridgehead atoms. The average molecular weight is 334 g/mol. The summed E-state index contributed by atoms with van der Waals surface area (Å²) in [5, 5.41) is 13.3. The summed E-state index contributed by atoms with van der Waals surface area (Å²) < 4.78 is 5.23. The van der Waals surface area contributed by atoms with Crippen molar-refractivity contribution in [2.75, 3.05) is 31.7 Å². The van der Waals surface area contributed by atoms with Crippen LogP contribution < -0.4 is 5.32 Å². The van der Waals surface area contributed by atoms with Gasteiger partial charge >= 0.3 is 0 Å². The minimum Gasteiger partial charge on any atom is -0.396 e. The number of aliphatic hydroxyl groups is 1. The van der Waals surface area contributed by atoms with E-state index in [9.17, 15) is 5.11 Å². The minimum atomic E-state index is -0.227. The van der Waals surface area contributed by atoms with Crippen molar-refractivity contribution in [3.05, 3.63) is 41.0 Å². The molecule has 0 spiro atoms. The van der Waals surface area contributed by atoms with Crippen molar-refractivity contribution in [2.24, 2.45) is 5.41 Å². The van der Waals surface area contributed by atoms with Crippen LogP contribution >= 0.6 is 11.6 Å². The van der Waals surface area contributed by atoms with Gasteiger partial charge < -0.3 is 15.2 Å². The van der Waals surface area contributed by atoms with Crippen LogP contribution in [0.3, 0.4) is 0 Å². The van der Waals surface area contributed by atoms with Crippen molar-refractivity contribution in [1.29, 1.82) is 0 Å². The van der Waals surface area contributed by atoms with E-state index < -0.39 is 0 Å². The molecule has 0 saturated carbocycles. The zero-order chi connectivity index (χ0) is 16.3. The van der Waals surface area contributed by atoms with Gasteiger partial charge in [-0.05, 0) is 6.42 Å². The Kier molecular flexibility index (Phi) is 4.80. The lowest BCUT2D eigenvalue weighted by Crippen LogP contribution is -2.50. The van der Waals surface area contributed by atoms with E-state index in [1.165, 1.54) is 0 Å². The lowest BCUT2D eigenvalue weighted by Gasteiger charge is -2.40. The molecule has 0 amide bonds. The van der Waals surface area contributed by atoms with Crippen molar-refractivity contribution in [1.82, 2.24) is 9.97 Å². The molecule has 2 aromatic rings. The van der Waals surface area contributed by atoms with E-state index >= 15 is 0 Å². The fourth-order valence-electron chi connectivity index (χ4n) is 2.54. The van der Waals surface area contributed by atoms with Crippen LogP contribution in [0.5, 0.6) is 0 Å². The molecule has 0 radical (unpaired) electrons. The summed E-state index contributed by atoms with van der Waals surface area (Å²) >= 11 is 6.35. The van der Waals surface area contributed by atoms with Crippen LogP contribution in [-0.2, 0) is 11.2 Å². The molecule has 1 aliphatic heterocycles. The molecule has 0 aliphatic carbocycles. The number of anilines is 1. The first kappa shape index (κ1) is 16.2. The third kappa shape index (κ3) is 3.32. The van der Waals surface area contributed by atoms with Crippen LogP contribution in [0.2, 0.25) is 5.15 Å². The lowest BCUT2D eigenvalue weighted by atomic mass is 9.87. The Labute approximate surface area is 140 Å². The number of hydrogen-bond donors (Lipinski definition) is 2. The second kappa shape index (κ2) is 6.83. The Morgan fingerprint density at radius 1 is 1.26 bits per heavy atom. The standard InChI is InChI=1S/C17H20ClN3O2/c1-2-13-14(18)20-15(12-6-4-3-5-7-12)21-16(13)19-8-17(9-22)10-23-11-17/h3-7,22H,2,8-11H2,1H3,(H,19,20,21). The maximum Gasteiger partial charge on any atom is 0.163 e. The van der Waals surface area contributed by atoms with E-state index in [2.05, 4.69) is 15.3 Å². The molecule has 1 aliphatic rings. The van der Waals surface area contributed by atoms with Gasteiger partial charge in [-0.2, -0.15) is 0 Å². The number of nitrogens with zero attached hydrogens (tertiary/aromatic N) is 2. The fourth-order valence-corrected chi connectivity index (χ4v) is 2.85. The predicted octanol–water partition coefficient (Wildman–Crippen LogP) is 2.78. The minimum absolute atomic E-state index is 0.0891. The Morgan fingerprint density at radius 3 is 2.57 bits per heavy atom.